The van der Waals surface area contributed by atoms with Crippen molar-refractivity contribution < 1.29 is 23.8 Å². The van der Waals surface area contributed by atoms with Gasteiger partial charge in [0.1, 0.15) is 18.3 Å². The molecule has 0 radical (unpaired) electrons. The number of fused-ring (bicyclic) bond motifs is 2. The third-order valence-corrected chi connectivity index (χ3v) is 5.93. The minimum Gasteiger partial charge on any atom is -0.463 e. The van der Waals surface area contributed by atoms with E-state index in [0.717, 1.165) is 32.1 Å². The molecule has 5 heteroatoms. The van der Waals surface area contributed by atoms with Crippen LogP contribution in [0.2, 0.25) is 0 Å². The minimum absolute atomic E-state index is 0.0449. The third-order valence-electron chi connectivity index (χ3n) is 5.93. The van der Waals surface area contributed by atoms with E-state index in [9.17, 15) is 9.59 Å². The van der Waals surface area contributed by atoms with Crippen LogP contribution >= 0.6 is 0 Å². The summed E-state index contributed by atoms with van der Waals surface area (Å²) in [5.74, 6) is -0.650. The third kappa shape index (κ3) is 4.70. The van der Waals surface area contributed by atoms with Gasteiger partial charge in [0.05, 0.1) is 6.10 Å². The molecule has 0 bridgehead atoms. The molecule has 1 aliphatic carbocycles. The second-order valence-electron chi connectivity index (χ2n) is 8.15. The molecule has 0 spiro atoms. The molecule has 3 rings (SSSR count). The van der Waals surface area contributed by atoms with E-state index in [0.29, 0.717) is 12.0 Å². The molecule has 2 aliphatic heterocycles. The molecule has 0 aromatic rings. The second-order valence-corrected chi connectivity index (χ2v) is 8.15. The molecule has 148 valence electrons. The Morgan fingerprint density at radius 2 is 2.04 bits per heavy atom. The molecule has 0 amide bonds. The summed E-state index contributed by atoms with van der Waals surface area (Å²) in [4.78, 5) is 23.4. The van der Waals surface area contributed by atoms with Gasteiger partial charge in [-0.05, 0) is 46.0 Å². The zero-order valence-corrected chi connectivity index (χ0v) is 16.6. The van der Waals surface area contributed by atoms with Crippen LogP contribution in [-0.2, 0) is 23.8 Å². The van der Waals surface area contributed by atoms with E-state index in [1.807, 2.05) is 0 Å². The van der Waals surface area contributed by atoms with Crippen molar-refractivity contribution in [2.75, 3.05) is 6.61 Å². The van der Waals surface area contributed by atoms with Crippen molar-refractivity contribution in [2.45, 2.75) is 77.1 Å². The van der Waals surface area contributed by atoms with Crippen molar-refractivity contribution in [2.24, 2.45) is 5.92 Å². The number of rotatable bonds is 2. The highest BCUT2D eigenvalue weighted by molar-refractivity contribution is 5.90. The number of ether oxygens (including phenoxy) is 3. The largest absolute Gasteiger partial charge is 0.463 e. The summed E-state index contributed by atoms with van der Waals surface area (Å²) in [5.41, 5.74) is 2.68. The van der Waals surface area contributed by atoms with Crippen LogP contribution in [-0.4, -0.2) is 36.4 Å². The number of hydrogen-bond acceptors (Lipinski definition) is 5. The maximum atomic E-state index is 12.1. The molecular weight excluding hydrogens is 344 g/mol. The molecule has 2 fully saturated rings. The van der Waals surface area contributed by atoms with Crippen LogP contribution in [0, 0.1) is 5.92 Å². The average molecular weight is 374 g/mol. The summed E-state index contributed by atoms with van der Waals surface area (Å²) in [6.45, 7) is 9.88. The van der Waals surface area contributed by atoms with Gasteiger partial charge in [-0.3, -0.25) is 4.79 Å². The first kappa shape index (κ1) is 19.9. The minimum atomic E-state index is -0.450. The summed E-state index contributed by atoms with van der Waals surface area (Å²) in [6, 6.07) is 0. The molecule has 4 atom stereocenters. The highest BCUT2D eigenvalue weighted by Gasteiger charge is 2.58. The summed E-state index contributed by atoms with van der Waals surface area (Å²) in [7, 11) is 0. The van der Waals surface area contributed by atoms with Gasteiger partial charge in [0.25, 0.3) is 0 Å². The summed E-state index contributed by atoms with van der Waals surface area (Å²) < 4.78 is 16.9. The maximum absolute atomic E-state index is 12.1. The van der Waals surface area contributed by atoms with E-state index in [2.05, 4.69) is 32.6 Å². The topological polar surface area (TPSA) is 65.1 Å². The van der Waals surface area contributed by atoms with Crippen LogP contribution in [0.15, 0.2) is 35.5 Å². The molecule has 5 nitrogen and oxygen atoms in total. The number of carbonyl (C=O) groups excluding carboxylic acids is 2. The summed E-state index contributed by atoms with van der Waals surface area (Å²) in [6.07, 6.45) is 9.35. The predicted molar refractivity (Wildman–Crippen MR) is 102 cm³/mol. The number of esters is 2. The standard InChI is InChI=1S/C22H30O5/c1-14-7-5-8-15(2)11-19-18(16(3)21(24)26-19)12-20-22(27-20,10-6-9-14)13-25-17(4)23/h8-9,18-20H,3,5-7,10-13H2,1-2,4H3/t18-,19+,20-,22+/m1/s1. The van der Waals surface area contributed by atoms with E-state index in [-0.39, 0.29) is 36.7 Å². The van der Waals surface area contributed by atoms with Gasteiger partial charge in [0.2, 0.25) is 0 Å². The Hall–Kier alpha value is -1.88. The number of allylic oxidation sites excluding steroid dienone is 3. The lowest BCUT2D eigenvalue weighted by Gasteiger charge is -2.19. The molecule has 27 heavy (non-hydrogen) atoms. The average Bonchev–Trinajstić information content (AvgIpc) is 3.21. The maximum Gasteiger partial charge on any atom is 0.334 e. The molecule has 2 heterocycles. The lowest BCUT2D eigenvalue weighted by molar-refractivity contribution is -0.143. The SMILES string of the molecule is C=C1C(=O)O[C@H]2CC(C)=CCCC(C)=CCC[C@@]3(COC(C)=O)O[C@@H]3C[C@H]12. The van der Waals surface area contributed by atoms with Crippen molar-refractivity contribution in [3.63, 3.8) is 0 Å². The normalized spacial score (nSPS) is 34.4. The molecular formula is C22H30O5. The van der Waals surface area contributed by atoms with Crippen molar-refractivity contribution >= 4 is 11.9 Å². The first-order valence-electron chi connectivity index (χ1n) is 9.83. The number of carbonyl (C=O) groups is 2. The van der Waals surface area contributed by atoms with Crippen molar-refractivity contribution in [1.82, 2.24) is 0 Å². The van der Waals surface area contributed by atoms with E-state index < -0.39 is 5.60 Å². The Bertz CT molecular complexity index is 689. The molecule has 2 saturated heterocycles. The summed E-state index contributed by atoms with van der Waals surface area (Å²) >= 11 is 0. The first-order valence-corrected chi connectivity index (χ1v) is 9.83. The van der Waals surface area contributed by atoms with E-state index >= 15 is 0 Å². The van der Waals surface area contributed by atoms with Crippen molar-refractivity contribution in [1.29, 1.82) is 0 Å². The second kappa shape index (κ2) is 8.01. The smallest absolute Gasteiger partial charge is 0.334 e. The molecule has 0 aromatic heterocycles. The molecule has 0 unspecified atom stereocenters. The van der Waals surface area contributed by atoms with Crippen LogP contribution in [0.4, 0.5) is 0 Å². The first-order chi connectivity index (χ1) is 12.8. The Morgan fingerprint density at radius 3 is 2.78 bits per heavy atom. The van der Waals surface area contributed by atoms with Gasteiger partial charge in [0.15, 0.2) is 0 Å². The number of hydrogen-bond donors (Lipinski definition) is 0. The number of epoxide rings is 1. The Labute approximate surface area is 161 Å². The fraction of sp³-hybridized carbons (Fsp3) is 0.636. The van der Waals surface area contributed by atoms with Gasteiger partial charge in [-0.25, -0.2) is 4.79 Å². The molecule has 3 aliphatic rings. The van der Waals surface area contributed by atoms with Crippen LogP contribution in [0.25, 0.3) is 0 Å². The van der Waals surface area contributed by atoms with Crippen LogP contribution < -0.4 is 0 Å². The van der Waals surface area contributed by atoms with Crippen LogP contribution in [0.5, 0.6) is 0 Å². The predicted octanol–water partition coefficient (Wildman–Crippen LogP) is 4.03. The van der Waals surface area contributed by atoms with Crippen LogP contribution in [0.1, 0.15) is 59.3 Å². The van der Waals surface area contributed by atoms with Gasteiger partial charge < -0.3 is 14.2 Å². The highest BCUT2D eigenvalue weighted by Crippen LogP contribution is 2.48. The Kier molecular flexibility index (Phi) is 5.89. The van der Waals surface area contributed by atoms with Gasteiger partial charge in [-0.15, -0.1) is 0 Å². The van der Waals surface area contributed by atoms with E-state index in [1.54, 1.807) is 0 Å². The lowest BCUT2D eigenvalue weighted by Crippen LogP contribution is -2.27. The quantitative estimate of drug-likeness (QED) is 0.316. The van der Waals surface area contributed by atoms with Gasteiger partial charge in [0, 0.05) is 24.8 Å². The van der Waals surface area contributed by atoms with Gasteiger partial charge in [-0.2, -0.15) is 0 Å². The highest BCUT2D eigenvalue weighted by atomic mass is 16.6. The van der Waals surface area contributed by atoms with Crippen molar-refractivity contribution in [3.05, 3.63) is 35.5 Å². The van der Waals surface area contributed by atoms with Gasteiger partial charge >= 0.3 is 11.9 Å². The van der Waals surface area contributed by atoms with Gasteiger partial charge in [-0.1, -0.05) is 29.9 Å². The van der Waals surface area contributed by atoms with Crippen LogP contribution in [0.3, 0.4) is 0 Å². The van der Waals surface area contributed by atoms with E-state index in [1.165, 1.54) is 18.1 Å². The molecule has 0 N–H and O–H groups in total. The Morgan fingerprint density at radius 1 is 1.30 bits per heavy atom. The lowest BCUT2D eigenvalue weighted by atomic mass is 9.85. The zero-order valence-electron chi connectivity index (χ0n) is 16.6. The van der Waals surface area contributed by atoms with Crippen molar-refractivity contribution in [3.8, 4) is 0 Å². The monoisotopic (exact) mass is 374 g/mol. The molecule has 0 saturated carbocycles. The fourth-order valence-electron chi connectivity index (χ4n) is 4.15. The molecule has 0 aromatic carbocycles. The van der Waals surface area contributed by atoms with E-state index in [4.69, 9.17) is 14.2 Å². The zero-order chi connectivity index (χ0) is 19.6. The fourth-order valence-corrected chi connectivity index (χ4v) is 4.15. The Balaban J connectivity index is 1.80. The summed E-state index contributed by atoms with van der Waals surface area (Å²) in [5, 5.41) is 0.